The van der Waals surface area contributed by atoms with E-state index in [1.807, 2.05) is 42.5 Å². The summed E-state index contributed by atoms with van der Waals surface area (Å²) < 4.78 is 5.64. The molecule has 0 radical (unpaired) electrons. The molecule has 2 aromatic rings. The zero-order valence-corrected chi connectivity index (χ0v) is 17.7. The van der Waals surface area contributed by atoms with Gasteiger partial charge in [0, 0.05) is 11.3 Å². The van der Waals surface area contributed by atoms with Crippen molar-refractivity contribution in [1.29, 1.82) is 0 Å². The van der Waals surface area contributed by atoms with Crippen LogP contribution in [-0.2, 0) is 0 Å². The summed E-state index contributed by atoms with van der Waals surface area (Å²) in [6.45, 7) is 8.58. The maximum atomic E-state index is 11.3. The average molecular weight is 396 g/mol. The first-order valence-corrected chi connectivity index (χ1v) is 10.2. The number of thiocarbonyl (C=S) groups is 1. The zero-order chi connectivity index (χ0) is 20.3. The van der Waals surface area contributed by atoms with Crippen molar-refractivity contribution in [2.45, 2.75) is 39.0 Å². The Balaban J connectivity index is 2.01. The first kappa shape index (κ1) is 20.4. The van der Waals surface area contributed by atoms with Crippen LogP contribution in [-0.4, -0.2) is 17.2 Å². The van der Waals surface area contributed by atoms with Crippen LogP contribution in [0.1, 0.15) is 50.2 Å². The van der Waals surface area contributed by atoms with E-state index >= 15 is 0 Å². The molecule has 1 aliphatic rings. The lowest BCUT2D eigenvalue weighted by Crippen LogP contribution is -2.24. The Morgan fingerprint density at radius 1 is 1.18 bits per heavy atom. The highest BCUT2D eigenvalue weighted by Crippen LogP contribution is 2.49. The molecule has 2 N–H and O–H groups in total. The predicted octanol–water partition coefficient (Wildman–Crippen LogP) is 6.28. The van der Waals surface area contributed by atoms with Gasteiger partial charge in [0.25, 0.3) is 0 Å². The number of hydrogen-bond acceptors (Lipinski definition) is 3. The van der Waals surface area contributed by atoms with Crippen LogP contribution in [0.2, 0.25) is 0 Å². The van der Waals surface area contributed by atoms with Gasteiger partial charge >= 0.3 is 0 Å². The number of benzene rings is 2. The van der Waals surface area contributed by atoms with Gasteiger partial charge < -0.3 is 15.2 Å². The Bertz CT molecular complexity index is 862. The molecule has 0 amide bonds. The number of phenolic OH excluding ortho intramolecular Hbond substituents is 1. The lowest BCUT2D eigenvalue weighted by Gasteiger charge is -2.37. The molecule has 0 saturated heterocycles. The largest absolute Gasteiger partial charge is 0.507 e. The summed E-state index contributed by atoms with van der Waals surface area (Å²) in [4.78, 5) is 0.503. The molecular formula is C24H29NO2S. The van der Waals surface area contributed by atoms with Crippen LogP contribution < -0.4 is 10.1 Å². The van der Waals surface area contributed by atoms with Crippen LogP contribution in [0.25, 0.3) is 0 Å². The minimum absolute atomic E-state index is 0.177. The number of ether oxygens (including phenoxy) is 1. The van der Waals surface area contributed by atoms with E-state index in [1.165, 1.54) is 6.42 Å². The Hall–Kier alpha value is -2.33. The maximum Gasteiger partial charge on any atom is 0.132 e. The topological polar surface area (TPSA) is 41.5 Å². The van der Waals surface area contributed by atoms with Crippen molar-refractivity contribution in [2.75, 3.05) is 12.4 Å². The normalized spacial score (nSPS) is 21.8. The van der Waals surface area contributed by atoms with Crippen molar-refractivity contribution in [1.82, 2.24) is 0 Å². The van der Waals surface area contributed by atoms with Crippen molar-refractivity contribution in [3.05, 3.63) is 65.7 Å². The minimum Gasteiger partial charge on any atom is -0.507 e. The standard InChI is InChI=1S/C24H29NO2S/c1-15(2)18-11-10-16(3)14-20(18)22-21(27-4)13-12-19(23(22)26)24(28)25-17-8-6-5-7-9-17/h5-9,12-13,16,18,20,26H,1,10-11,14H2,2-4H3,(H,25,28)/t16-,18+,20-/m1/s1. The molecule has 28 heavy (non-hydrogen) atoms. The molecule has 3 rings (SSSR count). The number of allylic oxidation sites excluding steroid dienone is 1. The molecule has 3 nitrogen and oxygen atoms in total. The van der Waals surface area contributed by atoms with Gasteiger partial charge in [-0.25, -0.2) is 0 Å². The highest BCUT2D eigenvalue weighted by atomic mass is 32.1. The second-order valence-electron chi connectivity index (χ2n) is 7.88. The summed E-state index contributed by atoms with van der Waals surface area (Å²) in [5.74, 6) is 2.05. The quantitative estimate of drug-likeness (QED) is 0.461. The smallest absolute Gasteiger partial charge is 0.132 e. The molecule has 0 bridgehead atoms. The van der Waals surface area contributed by atoms with Gasteiger partial charge in [-0.2, -0.15) is 0 Å². The summed E-state index contributed by atoms with van der Waals surface area (Å²) in [5.41, 5.74) is 3.55. The summed E-state index contributed by atoms with van der Waals surface area (Å²) in [7, 11) is 1.65. The number of hydrogen-bond donors (Lipinski definition) is 2. The van der Waals surface area contributed by atoms with Gasteiger partial charge in [-0.15, -0.1) is 0 Å². The van der Waals surface area contributed by atoms with Gasteiger partial charge in [-0.1, -0.05) is 55.9 Å². The summed E-state index contributed by atoms with van der Waals surface area (Å²) in [6.07, 6.45) is 3.27. The fourth-order valence-electron chi connectivity index (χ4n) is 4.32. The maximum absolute atomic E-state index is 11.3. The fourth-order valence-corrected chi connectivity index (χ4v) is 4.60. The van der Waals surface area contributed by atoms with Crippen LogP contribution >= 0.6 is 12.2 Å². The second-order valence-corrected chi connectivity index (χ2v) is 8.28. The third-order valence-corrected chi connectivity index (χ3v) is 6.11. The van der Waals surface area contributed by atoms with Crippen LogP contribution in [0.4, 0.5) is 5.69 Å². The number of rotatable bonds is 5. The monoisotopic (exact) mass is 395 g/mol. The predicted molar refractivity (Wildman–Crippen MR) is 120 cm³/mol. The fraction of sp³-hybridized carbons (Fsp3) is 0.375. The van der Waals surface area contributed by atoms with Crippen molar-refractivity contribution in [3.63, 3.8) is 0 Å². The van der Waals surface area contributed by atoms with Gasteiger partial charge in [0.05, 0.1) is 12.7 Å². The van der Waals surface area contributed by atoms with Crippen LogP contribution in [0.15, 0.2) is 54.6 Å². The van der Waals surface area contributed by atoms with Crippen LogP contribution in [0.3, 0.4) is 0 Å². The molecule has 0 aliphatic heterocycles. The lowest BCUT2D eigenvalue weighted by atomic mass is 9.68. The molecule has 2 aromatic carbocycles. The first-order chi connectivity index (χ1) is 13.4. The molecule has 0 heterocycles. The van der Waals surface area contributed by atoms with Crippen LogP contribution in [0, 0.1) is 11.8 Å². The van der Waals surface area contributed by atoms with E-state index in [1.54, 1.807) is 7.11 Å². The Morgan fingerprint density at radius 3 is 2.54 bits per heavy atom. The van der Waals surface area contributed by atoms with Gasteiger partial charge in [0.1, 0.15) is 16.5 Å². The summed E-state index contributed by atoms with van der Waals surface area (Å²) in [6, 6.07) is 13.5. The molecular weight excluding hydrogens is 366 g/mol. The summed E-state index contributed by atoms with van der Waals surface area (Å²) >= 11 is 5.61. The Labute approximate surface area is 173 Å². The van der Waals surface area contributed by atoms with Crippen molar-refractivity contribution in [3.8, 4) is 11.5 Å². The van der Waals surface area contributed by atoms with Crippen molar-refractivity contribution in [2.24, 2.45) is 11.8 Å². The third-order valence-electron chi connectivity index (χ3n) is 5.79. The molecule has 1 fully saturated rings. The van der Waals surface area contributed by atoms with E-state index in [4.69, 9.17) is 17.0 Å². The van der Waals surface area contributed by atoms with E-state index in [2.05, 4.69) is 25.7 Å². The molecule has 0 spiro atoms. The van der Waals surface area contributed by atoms with Gasteiger partial charge in [-0.05, 0) is 61.8 Å². The van der Waals surface area contributed by atoms with Gasteiger partial charge in [-0.3, -0.25) is 0 Å². The zero-order valence-electron chi connectivity index (χ0n) is 16.9. The SMILES string of the molecule is C=C(C)[C@@H]1CC[C@@H](C)C[C@H]1c1c(OC)ccc(C(=S)Nc2ccccc2)c1O. The number of nitrogens with one attached hydrogen (secondary N) is 1. The number of phenols is 1. The van der Waals surface area contributed by atoms with E-state index in [0.29, 0.717) is 28.1 Å². The molecule has 0 unspecified atom stereocenters. The van der Waals surface area contributed by atoms with E-state index < -0.39 is 0 Å². The number of para-hydroxylation sites is 1. The molecule has 4 heteroatoms. The molecule has 148 valence electrons. The van der Waals surface area contributed by atoms with Crippen molar-refractivity contribution < 1.29 is 9.84 Å². The second kappa shape index (κ2) is 8.78. The highest BCUT2D eigenvalue weighted by Gasteiger charge is 2.34. The molecule has 1 saturated carbocycles. The van der Waals surface area contributed by atoms with E-state index in [0.717, 1.165) is 29.7 Å². The van der Waals surface area contributed by atoms with Crippen molar-refractivity contribution >= 4 is 22.9 Å². The Morgan fingerprint density at radius 2 is 1.89 bits per heavy atom. The Kier molecular flexibility index (Phi) is 6.40. The number of methoxy groups -OCH3 is 1. The first-order valence-electron chi connectivity index (χ1n) is 9.84. The average Bonchev–Trinajstić information content (AvgIpc) is 2.67. The van der Waals surface area contributed by atoms with E-state index in [9.17, 15) is 5.11 Å². The number of anilines is 1. The van der Waals surface area contributed by atoms with Crippen LogP contribution in [0.5, 0.6) is 11.5 Å². The summed E-state index contributed by atoms with van der Waals surface area (Å²) in [5, 5.41) is 14.5. The minimum atomic E-state index is 0.177. The van der Waals surface area contributed by atoms with Gasteiger partial charge in [0.2, 0.25) is 0 Å². The number of aromatic hydroxyl groups is 1. The highest BCUT2D eigenvalue weighted by molar-refractivity contribution is 7.81. The molecule has 0 aromatic heterocycles. The van der Waals surface area contributed by atoms with E-state index in [-0.39, 0.29) is 11.7 Å². The molecule has 1 aliphatic carbocycles. The van der Waals surface area contributed by atoms with Gasteiger partial charge in [0.15, 0.2) is 0 Å². The third kappa shape index (κ3) is 4.22. The lowest BCUT2D eigenvalue weighted by molar-refractivity contribution is 0.266. The molecule has 3 atom stereocenters.